The zero-order chi connectivity index (χ0) is 18.0. The summed E-state index contributed by atoms with van der Waals surface area (Å²) in [4.78, 5) is 14.3. The summed E-state index contributed by atoms with van der Waals surface area (Å²) in [6.45, 7) is 5.37. The summed E-state index contributed by atoms with van der Waals surface area (Å²) in [7, 11) is -3.69. The molecule has 3 rings (SSSR count). The minimum atomic E-state index is -3.69. The van der Waals surface area contributed by atoms with E-state index in [9.17, 15) is 13.2 Å². The molecular formula is C19H22N2O3S. The fourth-order valence-electron chi connectivity index (χ4n) is 3.01. The Bertz CT molecular complexity index is 883. The molecule has 6 heteroatoms. The lowest BCUT2D eigenvalue weighted by atomic mass is 10.1. The normalized spacial score (nSPS) is 14.6. The molecule has 5 nitrogen and oxygen atoms in total. The smallest absolute Gasteiger partial charge is 0.261 e. The van der Waals surface area contributed by atoms with Gasteiger partial charge in [0.1, 0.15) is 0 Å². The summed E-state index contributed by atoms with van der Waals surface area (Å²) in [6.07, 6.45) is 2.05. The van der Waals surface area contributed by atoms with E-state index in [0.29, 0.717) is 11.3 Å². The van der Waals surface area contributed by atoms with Gasteiger partial charge in [0.25, 0.3) is 15.9 Å². The maximum absolute atomic E-state index is 12.6. The Morgan fingerprint density at radius 1 is 1.00 bits per heavy atom. The van der Waals surface area contributed by atoms with Crippen molar-refractivity contribution in [2.75, 3.05) is 17.8 Å². The maximum atomic E-state index is 12.6. The molecule has 0 bridgehead atoms. The zero-order valence-electron chi connectivity index (χ0n) is 14.5. The summed E-state index contributed by atoms with van der Waals surface area (Å²) >= 11 is 0. The molecular weight excluding hydrogens is 336 g/mol. The fourth-order valence-corrected chi connectivity index (χ4v) is 4.14. The van der Waals surface area contributed by atoms with Crippen LogP contribution in [-0.2, 0) is 10.0 Å². The highest BCUT2D eigenvalue weighted by Gasteiger charge is 2.21. The van der Waals surface area contributed by atoms with Gasteiger partial charge in [0.15, 0.2) is 0 Å². The standard InChI is InChI=1S/C19H22N2O3S/c1-14-5-10-18(15(2)13-14)20-25(23,24)17-8-6-16(7-9-17)19(22)21-11-3-4-12-21/h5-10,13,20H,3-4,11-12H2,1-2H3. The number of anilines is 1. The summed E-state index contributed by atoms with van der Waals surface area (Å²) in [5.74, 6) is -0.0382. The van der Waals surface area contributed by atoms with Gasteiger partial charge in [0.05, 0.1) is 10.6 Å². The van der Waals surface area contributed by atoms with Crippen molar-refractivity contribution >= 4 is 21.6 Å². The lowest BCUT2D eigenvalue weighted by molar-refractivity contribution is 0.0792. The van der Waals surface area contributed by atoms with Gasteiger partial charge in [-0.1, -0.05) is 17.7 Å². The first-order valence-electron chi connectivity index (χ1n) is 8.36. The van der Waals surface area contributed by atoms with Crippen molar-refractivity contribution in [3.63, 3.8) is 0 Å². The van der Waals surface area contributed by atoms with Crippen LogP contribution in [0.4, 0.5) is 5.69 Å². The van der Waals surface area contributed by atoms with E-state index in [1.165, 1.54) is 12.1 Å². The van der Waals surface area contributed by atoms with Crippen LogP contribution in [0, 0.1) is 13.8 Å². The Balaban J connectivity index is 1.79. The van der Waals surface area contributed by atoms with Gasteiger partial charge in [-0.25, -0.2) is 8.42 Å². The number of rotatable bonds is 4. The predicted octanol–water partition coefficient (Wildman–Crippen LogP) is 3.34. The zero-order valence-corrected chi connectivity index (χ0v) is 15.3. The van der Waals surface area contributed by atoms with Gasteiger partial charge in [0, 0.05) is 18.7 Å². The van der Waals surface area contributed by atoms with E-state index < -0.39 is 10.0 Å². The van der Waals surface area contributed by atoms with Crippen LogP contribution in [0.25, 0.3) is 0 Å². The first kappa shape index (κ1) is 17.5. The lowest BCUT2D eigenvalue weighted by Crippen LogP contribution is -2.27. The molecule has 1 aliphatic heterocycles. The molecule has 0 saturated carbocycles. The van der Waals surface area contributed by atoms with Crippen molar-refractivity contribution < 1.29 is 13.2 Å². The third kappa shape index (κ3) is 3.85. The summed E-state index contributed by atoms with van der Waals surface area (Å²) in [5.41, 5.74) is 3.02. The Labute approximate surface area is 148 Å². The Morgan fingerprint density at radius 3 is 2.24 bits per heavy atom. The number of sulfonamides is 1. The number of hydrogen-bond donors (Lipinski definition) is 1. The van der Waals surface area contributed by atoms with Gasteiger partial charge < -0.3 is 4.90 Å². The molecule has 1 amide bonds. The number of amides is 1. The number of nitrogens with one attached hydrogen (secondary N) is 1. The minimum Gasteiger partial charge on any atom is -0.339 e. The van der Waals surface area contributed by atoms with Crippen molar-refractivity contribution in [2.24, 2.45) is 0 Å². The number of hydrogen-bond acceptors (Lipinski definition) is 3. The highest BCUT2D eigenvalue weighted by atomic mass is 32.2. The number of likely N-dealkylation sites (tertiary alicyclic amines) is 1. The van der Waals surface area contributed by atoms with Gasteiger partial charge in [-0.05, 0) is 62.6 Å². The van der Waals surface area contributed by atoms with Crippen LogP contribution in [0.1, 0.15) is 34.3 Å². The molecule has 2 aromatic rings. The first-order chi connectivity index (χ1) is 11.9. The molecule has 0 atom stereocenters. The maximum Gasteiger partial charge on any atom is 0.261 e. The van der Waals surface area contributed by atoms with Crippen LogP contribution in [0.2, 0.25) is 0 Å². The second-order valence-corrected chi connectivity index (χ2v) is 8.13. The highest BCUT2D eigenvalue weighted by molar-refractivity contribution is 7.92. The molecule has 2 aromatic carbocycles. The predicted molar refractivity (Wildman–Crippen MR) is 98.3 cm³/mol. The molecule has 25 heavy (non-hydrogen) atoms. The highest BCUT2D eigenvalue weighted by Crippen LogP contribution is 2.21. The van der Waals surface area contributed by atoms with E-state index in [1.54, 1.807) is 23.1 Å². The average Bonchev–Trinajstić information content (AvgIpc) is 3.11. The van der Waals surface area contributed by atoms with Crippen LogP contribution < -0.4 is 4.72 Å². The van der Waals surface area contributed by atoms with Crippen LogP contribution in [0.3, 0.4) is 0 Å². The van der Waals surface area contributed by atoms with Gasteiger partial charge >= 0.3 is 0 Å². The van der Waals surface area contributed by atoms with E-state index in [1.807, 2.05) is 26.0 Å². The Kier molecular flexibility index (Phi) is 4.81. The van der Waals surface area contributed by atoms with Crippen LogP contribution in [-0.4, -0.2) is 32.3 Å². The van der Waals surface area contributed by atoms with Gasteiger partial charge in [0.2, 0.25) is 0 Å². The van der Waals surface area contributed by atoms with Crippen molar-refractivity contribution in [3.8, 4) is 0 Å². The molecule has 0 aliphatic carbocycles. The van der Waals surface area contributed by atoms with E-state index in [4.69, 9.17) is 0 Å². The molecule has 1 saturated heterocycles. The Morgan fingerprint density at radius 2 is 1.64 bits per heavy atom. The molecule has 0 unspecified atom stereocenters. The third-order valence-corrected chi connectivity index (χ3v) is 5.81. The molecule has 1 heterocycles. The largest absolute Gasteiger partial charge is 0.339 e. The first-order valence-corrected chi connectivity index (χ1v) is 9.84. The summed E-state index contributed by atoms with van der Waals surface area (Å²) < 4.78 is 27.8. The quantitative estimate of drug-likeness (QED) is 0.911. The third-order valence-electron chi connectivity index (χ3n) is 4.43. The van der Waals surface area contributed by atoms with Crippen LogP contribution >= 0.6 is 0 Å². The molecule has 132 valence electrons. The fraction of sp³-hybridized carbons (Fsp3) is 0.316. The van der Waals surface area contributed by atoms with E-state index in [-0.39, 0.29) is 10.8 Å². The van der Waals surface area contributed by atoms with Gasteiger partial charge in [-0.2, -0.15) is 0 Å². The van der Waals surface area contributed by atoms with E-state index >= 15 is 0 Å². The molecule has 1 fully saturated rings. The number of nitrogens with zero attached hydrogens (tertiary/aromatic N) is 1. The second kappa shape index (κ2) is 6.88. The number of carbonyl (C=O) groups is 1. The topological polar surface area (TPSA) is 66.5 Å². The minimum absolute atomic E-state index is 0.0382. The van der Waals surface area contributed by atoms with Crippen molar-refractivity contribution in [1.29, 1.82) is 0 Å². The molecule has 1 N–H and O–H groups in total. The summed E-state index contributed by atoms with van der Waals surface area (Å²) in [6, 6.07) is 11.7. The van der Waals surface area contributed by atoms with E-state index in [0.717, 1.165) is 37.1 Å². The van der Waals surface area contributed by atoms with E-state index in [2.05, 4.69) is 4.72 Å². The number of carbonyl (C=O) groups excluding carboxylic acids is 1. The van der Waals surface area contributed by atoms with Crippen molar-refractivity contribution in [1.82, 2.24) is 4.90 Å². The number of benzene rings is 2. The monoisotopic (exact) mass is 358 g/mol. The van der Waals surface area contributed by atoms with Crippen molar-refractivity contribution in [2.45, 2.75) is 31.6 Å². The molecule has 0 radical (unpaired) electrons. The SMILES string of the molecule is Cc1ccc(NS(=O)(=O)c2ccc(C(=O)N3CCCC3)cc2)c(C)c1. The Hall–Kier alpha value is -2.34. The summed E-state index contributed by atoms with van der Waals surface area (Å²) in [5, 5.41) is 0. The molecule has 0 spiro atoms. The van der Waals surface area contributed by atoms with Gasteiger partial charge in [-0.15, -0.1) is 0 Å². The molecule has 0 aromatic heterocycles. The van der Waals surface area contributed by atoms with Crippen LogP contribution in [0.5, 0.6) is 0 Å². The second-order valence-electron chi connectivity index (χ2n) is 6.45. The van der Waals surface area contributed by atoms with Crippen LogP contribution in [0.15, 0.2) is 47.4 Å². The average molecular weight is 358 g/mol. The van der Waals surface area contributed by atoms with Crippen molar-refractivity contribution in [3.05, 3.63) is 59.2 Å². The molecule has 1 aliphatic rings. The van der Waals surface area contributed by atoms with Gasteiger partial charge in [-0.3, -0.25) is 9.52 Å². The lowest BCUT2D eigenvalue weighted by Gasteiger charge is -2.15. The number of aryl methyl sites for hydroxylation is 2.